The van der Waals surface area contributed by atoms with Crippen molar-refractivity contribution in [2.75, 3.05) is 13.1 Å². The van der Waals surface area contributed by atoms with Gasteiger partial charge in [0, 0.05) is 30.9 Å². The molecule has 25 heavy (non-hydrogen) atoms. The molecule has 2 aromatic rings. The number of carbonyl (C=O) groups excluding carboxylic acids is 1. The molecule has 1 aliphatic carbocycles. The van der Waals surface area contributed by atoms with Crippen LogP contribution in [-0.4, -0.2) is 34.2 Å². The third-order valence-electron chi connectivity index (χ3n) is 5.80. The zero-order valence-corrected chi connectivity index (χ0v) is 14.5. The van der Waals surface area contributed by atoms with Crippen LogP contribution in [0.25, 0.3) is 0 Å². The highest BCUT2D eigenvalue weighted by atomic mass is 16.2. The number of urea groups is 1. The topological polar surface area (TPSA) is 61.0 Å². The largest absolute Gasteiger partial charge is 0.331 e. The van der Waals surface area contributed by atoms with Crippen molar-refractivity contribution in [3.8, 4) is 0 Å². The summed E-state index contributed by atoms with van der Waals surface area (Å²) in [5, 5.41) is 10.4. The molecule has 0 unspecified atom stereocenters. The van der Waals surface area contributed by atoms with Crippen molar-refractivity contribution in [3.63, 3.8) is 0 Å². The van der Waals surface area contributed by atoms with Crippen LogP contribution in [0.1, 0.15) is 55.3 Å². The second-order valence-corrected chi connectivity index (χ2v) is 7.30. The van der Waals surface area contributed by atoms with Crippen LogP contribution in [0, 0.1) is 5.92 Å². The van der Waals surface area contributed by atoms with Crippen molar-refractivity contribution < 1.29 is 4.79 Å². The Hall–Kier alpha value is -2.30. The smallest absolute Gasteiger partial charge is 0.317 e. The molecule has 0 radical (unpaired) electrons. The molecule has 4 rings (SSSR count). The van der Waals surface area contributed by atoms with Crippen LogP contribution in [-0.2, 0) is 0 Å². The van der Waals surface area contributed by atoms with E-state index in [1.165, 1.54) is 30.5 Å². The Balaban J connectivity index is 1.37. The summed E-state index contributed by atoms with van der Waals surface area (Å²) in [6.45, 7) is 1.61. The average Bonchev–Trinajstić information content (AvgIpc) is 3.15. The van der Waals surface area contributed by atoms with E-state index in [0.29, 0.717) is 11.8 Å². The lowest BCUT2D eigenvalue weighted by Gasteiger charge is -2.37. The lowest BCUT2D eigenvalue weighted by molar-refractivity contribution is 0.162. The zero-order chi connectivity index (χ0) is 17.1. The fraction of sp³-hybridized carbons (Fsp3) is 0.500. The van der Waals surface area contributed by atoms with Crippen molar-refractivity contribution in [1.82, 2.24) is 20.4 Å². The van der Waals surface area contributed by atoms with Gasteiger partial charge in [-0.15, -0.1) is 0 Å². The van der Waals surface area contributed by atoms with Gasteiger partial charge >= 0.3 is 6.03 Å². The van der Waals surface area contributed by atoms with Crippen LogP contribution in [0.2, 0.25) is 0 Å². The highest BCUT2D eigenvalue weighted by molar-refractivity contribution is 5.75. The van der Waals surface area contributed by atoms with Gasteiger partial charge in [0.1, 0.15) is 0 Å². The van der Waals surface area contributed by atoms with Gasteiger partial charge in [-0.25, -0.2) is 4.79 Å². The minimum Gasteiger partial charge on any atom is -0.331 e. The van der Waals surface area contributed by atoms with Gasteiger partial charge in [0.15, 0.2) is 0 Å². The van der Waals surface area contributed by atoms with Crippen LogP contribution < -0.4 is 5.32 Å². The average molecular weight is 338 g/mol. The van der Waals surface area contributed by atoms with Crippen LogP contribution in [0.5, 0.6) is 0 Å². The van der Waals surface area contributed by atoms with Gasteiger partial charge in [0.25, 0.3) is 0 Å². The molecule has 2 N–H and O–H groups in total. The molecular formula is C20H26N4O. The third kappa shape index (κ3) is 3.55. The summed E-state index contributed by atoms with van der Waals surface area (Å²) < 4.78 is 0. The maximum absolute atomic E-state index is 12.8. The Kier molecular flexibility index (Phi) is 4.72. The Morgan fingerprint density at radius 2 is 1.88 bits per heavy atom. The lowest BCUT2D eigenvalue weighted by Crippen LogP contribution is -2.47. The van der Waals surface area contributed by atoms with Crippen LogP contribution in [0.15, 0.2) is 42.6 Å². The number of aromatic amines is 1. The second-order valence-electron chi connectivity index (χ2n) is 7.30. The van der Waals surface area contributed by atoms with Crippen molar-refractivity contribution in [2.24, 2.45) is 5.92 Å². The summed E-state index contributed by atoms with van der Waals surface area (Å²) in [4.78, 5) is 14.8. The fourth-order valence-electron chi connectivity index (χ4n) is 4.02. The van der Waals surface area contributed by atoms with Crippen LogP contribution >= 0.6 is 0 Å². The van der Waals surface area contributed by atoms with E-state index in [9.17, 15) is 4.79 Å². The molecule has 1 aromatic heterocycles. The monoisotopic (exact) mass is 338 g/mol. The number of nitrogens with one attached hydrogen (secondary N) is 2. The summed E-state index contributed by atoms with van der Waals surface area (Å²) in [5.41, 5.74) is 2.42. The Morgan fingerprint density at radius 1 is 1.12 bits per heavy atom. The molecule has 1 saturated heterocycles. The standard InChI is InChI=1S/C20H26N4O/c25-20(24-13-10-15(11-14-24)18-9-12-21-23-18)22-19(17-7-4-8-17)16-5-2-1-3-6-16/h1-3,5-6,9,12,15,17,19H,4,7-8,10-11,13-14H2,(H,21,23)(H,22,25)/t19-/m0/s1. The number of hydrogen-bond donors (Lipinski definition) is 2. The van der Waals surface area contributed by atoms with Gasteiger partial charge in [-0.05, 0) is 43.2 Å². The molecule has 2 fully saturated rings. The van der Waals surface area contributed by atoms with E-state index in [1.807, 2.05) is 17.0 Å². The minimum atomic E-state index is 0.0869. The number of amides is 2. The first kappa shape index (κ1) is 16.2. The molecule has 0 bridgehead atoms. The van der Waals surface area contributed by atoms with Crippen molar-refractivity contribution in [2.45, 2.75) is 44.1 Å². The summed E-state index contributed by atoms with van der Waals surface area (Å²) in [6, 6.07) is 12.7. The zero-order valence-electron chi connectivity index (χ0n) is 14.5. The summed E-state index contributed by atoms with van der Waals surface area (Å²) in [7, 11) is 0. The predicted octanol–water partition coefficient (Wildman–Crippen LogP) is 3.84. The molecule has 2 amide bonds. The lowest BCUT2D eigenvalue weighted by atomic mass is 9.77. The quantitative estimate of drug-likeness (QED) is 0.890. The SMILES string of the molecule is O=C(N[C@@H](c1ccccc1)C1CCC1)N1CCC(c2ccn[nH]2)CC1. The van der Waals surface area contributed by atoms with E-state index < -0.39 is 0 Å². The van der Waals surface area contributed by atoms with E-state index >= 15 is 0 Å². The highest BCUT2D eigenvalue weighted by Crippen LogP contribution is 2.38. The maximum atomic E-state index is 12.8. The third-order valence-corrected chi connectivity index (χ3v) is 5.80. The Morgan fingerprint density at radius 3 is 2.48 bits per heavy atom. The Bertz CT molecular complexity index is 673. The number of carbonyl (C=O) groups is 1. The van der Waals surface area contributed by atoms with E-state index in [1.54, 1.807) is 6.20 Å². The van der Waals surface area contributed by atoms with E-state index in [0.717, 1.165) is 25.9 Å². The number of rotatable bonds is 4. The number of hydrogen-bond acceptors (Lipinski definition) is 2. The molecular weight excluding hydrogens is 312 g/mol. The summed E-state index contributed by atoms with van der Waals surface area (Å²) >= 11 is 0. The first-order valence-electron chi connectivity index (χ1n) is 9.41. The molecule has 1 aliphatic heterocycles. The first-order valence-corrected chi connectivity index (χ1v) is 9.41. The molecule has 1 saturated carbocycles. The predicted molar refractivity (Wildman–Crippen MR) is 97.2 cm³/mol. The molecule has 2 aliphatic rings. The molecule has 2 heterocycles. The highest BCUT2D eigenvalue weighted by Gasteiger charge is 2.32. The van der Waals surface area contributed by atoms with Gasteiger partial charge in [-0.1, -0.05) is 36.8 Å². The van der Waals surface area contributed by atoms with Gasteiger partial charge in [0.05, 0.1) is 6.04 Å². The van der Waals surface area contributed by atoms with Crippen molar-refractivity contribution >= 4 is 6.03 Å². The molecule has 1 aromatic carbocycles. The minimum absolute atomic E-state index is 0.0869. The molecule has 1 atom stereocenters. The van der Waals surface area contributed by atoms with E-state index in [-0.39, 0.29) is 12.1 Å². The van der Waals surface area contributed by atoms with Crippen LogP contribution in [0.4, 0.5) is 4.79 Å². The molecule has 132 valence electrons. The second kappa shape index (κ2) is 7.30. The van der Waals surface area contributed by atoms with Crippen LogP contribution in [0.3, 0.4) is 0 Å². The van der Waals surface area contributed by atoms with Gasteiger partial charge < -0.3 is 10.2 Å². The van der Waals surface area contributed by atoms with Gasteiger partial charge in [0.2, 0.25) is 0 Å². The van der Waals surface area contributed by atoms with Gasteiger partial charge in [-0.2, -0.15) is 5.10 Å². The number of likely N-dealkylation sites (tertiary alicyclic amines) is 1. The number of piperidine rings is 1. The summed E-state index contributed by atoms with van der Waals surface area (Å²) in [5.74, 6) is 1.07. The number of H-pyrrole nitrogens is 1. The summed E-state index contributed by atoms with van der Waals surface area (Å²) in [6.07, 6.45) is 7.49. The molecule has 5 heteroatoms. The molecule has 0 spiro atoms. The van der Waals surface area contributed by atoms with Gasteiger partial charge in [-0.3, -0.25) is 5.10 Å². The maximum Gasteiger partial charge on any atom is 0.317 e. The van der Waals surface area contributed by atoms with E-state index in [2.05, 4.69) is 39.8 Å². The first-order chi connectivity index (χ1) is 12.3. The Labute approximate surface area is 148 Å². The number of nitrogens with zero attached hydrogens (tertiary/aromatic N) is 2. The molecule has 5 nitrogen and oxygen atoms in total. The normalized spacial score (nSPS) is 20.1. The number of aromatic nitrogens is 2. The van der Waals surface area contributed by atoms with E-state index in [4.69, 9.17) is 0 Å². The van der Waals surface area contributed by atoms with Crippen molar-refractivity contribution in [1.29, 1.82) is 0 Å². The van der Waals surface area contributed by atoms with Crippen molar-refractivity contribution in [3.05, 3.63) is 53.9 Å². The fourth-order valence-corrected chi connectivity index (χ4v) is 4.02. The number of benzene rings is 1.